The number of rotatable bonds is 3. The molecule has 0 bridgehead atoms. The van der Waals surface area contributed by atoms with Crippen molar-refractivity contribution < 1.29 is 4.74 Å². The number of aryl methyl sites for hydroxylation is 1. The fraction of sp³-hybridized carbons (Fsp3) is 0.400. The van der Waals surface area contributed by atoms with Crippen LogP contribution in [0.4, 0.5) is 0 Å². The summed E-state index contributed by atoms with van der Waals surface area (Å²) in [6.07, 6.45) is 0.0335. The number of hydrogen-bond donors (Lipinski definition) is 1. The van der Waals surface area contributed by atoms with Crippen LogP contribution in [-0.4, -0.2) is 13.7 Å². The smallest absolute Gasteiger partial charge is 0.0945 e. The number of benzene rings is 1. The molecular formula is C10H16ClNO. The van der Waals surface area contributed by atoms with Gasteiger partial charge in [-0.1, -0.05) is 24.3 Å². The molecule has 0 aliphatic heterocycles. The maximum absolute atomic E-state index is 5.56. The summed E-state index contributed by atoms with van der Waals surface area (Å²) in [6.45, 7) is 2.60. The molecule has 13 heavy (non-hydrogen) atoms. The summed E-state index contributed by atoms with van der Waals surface area (Å²) in [7, 11) is 1.68. The molecular weight excluding hydrogens is 186 g/mol. The molecule has 0 saturated heterocycles. The first-order valence-corrected chi connectivity index (χ1v) is 4.08. The van der Waals surface area contributed by atoms with Crippen molar-refractivity contribution in [3.05, 3.63) is 35.4 Å². The van der Waals surface area contributed by atoms with E-state index in [4.69, 9.17) is 10.5 Å². The SMILES string of the molecule is COC(CN)c1ccccc1C.Cl. The topological polar surface area (TPSA) is 35.2 Å². The Morgan fingerprint density at radius 2 is 2.00 bits per heavy atom. The molecule has 2 nitrogen and oxygen atoms in total. The van der Waals surface area contributed by atoms with Crippen molar-refractivity contribution >= 4 is 12.4 Å². The van der Waals surface area contributed by atoms with E-state index in [0.29, 0.717) is 6.54 Å². The molecule has 2 N–H and O–H groups in total. The van der Waals surface area contributed by atoms with E-state index in [1.54, 1.807) is 7.11 Å². The molecule has 1 aromatic carbocycles. The molecule has 0 radical (unpaired) electrons. The summed E-state index contributed by atoms with van der Waals surface area (Å²) in [5.41, 5.74) is 7.97. The van der Waals surface area contributed by atoms with E-state index in [9.17, 15) is 0 Å². The van der Waals surface area contributed by atoms with Crippen LogP contribution >= 0.6 is 12.4 Å². The number of nitrogens with two attached hydrogens (primary N) is 1. The zero-order valence-corrected chi connectivity index (χ0v) is 8.80. The van der Waals surface area contributed by atoms with Gasteiger partial charge in [-0.2, -0.15) is 0 Å². The highest BCUT2D eigenvalue weighted by Crippen LogP contribution is 2.18. The molecule has 1 atom stereocenters. The van der Waals surface area contributed by atoms with Crippen LogP contribution in [0.15, 0.2) is 24.3 Å². The highest BCUT2D eigenvalue weighted by molar-refractivity contribution is 5.85. The number of methoxy groups -OCH3 is 1. The molecule has 0 heterocycles. The van der Waals surface area contributed by atoms with E-state index in [1.807, 2.05) is 12.1 Å². The molecule has 74 valence electrons. The highest BCUT2D eigenvalue weighted by atomic mass is 35.5. The first kappa shape index (κ1) is 12.4. The first-order chi connectivity index (χ1) is 5.79. The van der Waals surface area contributed by atoms with Crippen molar-refractivity contribution in [2.75, 3.05) is 13.7 Å². The standard InChI is InChI=1S/C10H15NO.ClH/c1-8-5-3-4-6-9(8)10(7-11)12-2;/h3-6,10H,7,11H2,1-2H3;1H. The molecule has 0 fully saturated rings. The third kappa shape index (κ3) is 2.99. The van der Waals surface area contributed by atoms with Crippen LogP contribution in [0.1, 0.15) is 17.2 Å². The second-order valence-corrected chi connectivity index (χ2v) is 2.82. The molecule has 0 aliphatic carbocycles. The van der Waals surface area contributed by atoms with Gasteiger partial charge in [-0.3, -0.25) is 0 Å². The summed E-state index contributed by atoms with van der Waals surface area (Å²) in [6, 6.07) is 8.14. The van der Waals surface area contributed by atoms with Crippen LogP contribution in [0.2, 0.25) is 0 Å². The first-order valence-electron chi connectivity index (χ1n) is 4.08. The van der Waals surface area contributed by atoms with E-state index < -0.39 is 0 Å². The molecule has 1 unspecified atom stereocenters. The van der Waals surface area contributed by atoms with Gasteiger partial charge in [0.05, 0.1) is 6.10 Å². The van der Waals surface area contributed by atoms with E-state index >= 15 is 0 Å². The summed E-state index contributed by atoms with van der Waals surface area (Å²) >= 11 is 0. The zero-order chi connectivity index (χ0) is 8.97. The van der Waals surface area contributed by atoms with Gasteiger partial charge in [0.15, 0.2) is 0 Å². The second kappa shape index (κ2) is 5.97. The van der Waals surface area contributed by atoms with Crippen molar-refractivity contribution in [2.24, 2.45) is 5.73 Å². The predicted molar refractivity (Wildman–Crippen MR) is 57.2 cm³/mol. The molecule has 0 saturated carbocycles. The van der Waals surface area contributed by atoms with Gasteiger partial charge in [0, 0.05) is 13.7 Å². The van der Waals surface area contributed by atoms with Crippen molar-refractivity contribution in [3.8, 4) is 0 Å². The Hall–Kier alpha value is -0.570. The van der Waals surface area contributed by atoms with Gasteiger partial charge < -0.3 is 10.5 Å². The predicted octanol–water partition coefficient (Wildman–Crippen LogP) is 2.06. The number of halogens is 1. The Morgan fingerprint density at radius 3 is 2.46 bits per heavy atom. The van der Waals surface area contributed by atoms with E-state index in [-0.39, 0.29) is 18.5 Å². The average Bonchev–Trinajstić information content (AvgIpc) is 2.10. The summed E-state index contributed by atoms with van der Waals surface area (Å²) in [4.78, 5) is 0. The van der Waals surface area contributed by atoms with E-state index in [1.165, 1.54) is 11.1 Å². The Kier molecular flexibility index (Phi) is 5.71. The maximum Gasteiger partial charge on any atom is 0.0945 e. The highest BCUT2D eigenvalue weighted by Gasteiger charge is 2.09. The second-order valence-electron chi connectivity index (χ2n) is 2.82. The lowest BCUT2D eigenvalue weighted by Crippen LogP contribution is -2.15. The lowest BCUT2D eigenvalue weighted by molar-refractivity contribution is 0.110. The van der Waals surface area contributed by atoms with Crippen LogP contribution in [0, 0.1) is 6.92 Å². The Labute approximate surface area is 85.5 Å². The average molecular weight is 202 g/mol. The van der Waals surface area contributed by atoms with Crippen LogP contribution in [0.5, 0.6) is 0 Å². The number of hydrogen-bond acceptors (Lipinski definition) is 2. The van der Waals surface area contributed by atoms with Crippen LogP contribution in [0.3, 0.4) is 0 Å². The van der Waals surface area contributed by atoms with Gasteiger partial charge in [-0.15, -0.1) is 12.4 Å². The molecule has 0 amide bonds. The van der Waals surface area contributed by atoms with Crippen LogP contribution < -0.4 is 5.73 Å². The zero-order valence-electron chi connectivity index (χ0n) is 7.99. The lowest BCUT2D eigenvalue weighted by Gasteiger charge is -2.15. The lowest BCUT2D eigenvalue weighted by atomic mass is 10.0. The van der Waals surface area contributed by atoms with Gasteiger partial charge in [-0.25, -0.2) is 0 Å². The minimum Gasteiger partial charge on any atom is -0.375 e. The molecule has 0 aromatic heterocycles. The number of ether oxygens (including phenoxy) is 1. The van der Waals surface area contributed by atoms with Gasteiger partial charge in [0.1, 0.15) is 0 Å². The molecule has 3 heteroatoms. The summed E-state index contributed by atoms with van der Waals surface area (Å²) in [5, 5.41) is 0. The summed E-state index contributed by atoms with van der Waals surface area (Å²) < 4.78 is 5.24. The monoisotopic (exact) mass is 201 g/mol. The molecule has 1 aromatic rings. The van der Waals surface area contributed by atoms with E-state index in [0.717, 1.165) is 0 Å². The van der Waals surface area contributed by atoms with Gasteiger partial charge in [0.25, 0.3) is 0 Å². The van der Waals surface area contributed by atoms with Crippen LogP contribution in [-0.2, 0) is 4.74 Å². The van der Waals surface area contributed by atoms with Crippen molar-refractivity contribution in [1.82, 2.24) is 0 Å². The minimum absolute atomic E-state index is 0. The third-order valence-corrected chi connectivity index (χ3v) is 2.03. The molecule has 1 rings (SSSR count). The molecule has 0 aliphatic rings. The normalized spacial score (nSPS) is 11.9. The minimum atomic E-state index is 0. The van der Waals surface area contributed by atoms with Crippen molar-refractivity contribution in [2.45, 2.75) is 13.0 Å². The van der Waals surface area contributed by atoms with Crippen LogP contribution in [0.25, 0.3) is 0 Å². The summed E-state index contributed by atoms with van der Waals surface area (Å²) in [5.74, 6) is 0. The Morgan fingerprint density at radius 1 is 1.38 bits per heavy atom. The fourth-order valence-corrected chi connectivity index (χ4v) is 1.30. The molecule has 0 spiro atoms. The maximum atomic E-state index is 5.56. The third-order valence-electron chi connectivity index (χ3n) is 2.03. The largest absolute Gasteiger partial charge is 0.375 e. The van der Waals surface area contributed by atoms with E-state index in [2.05, 4.69) is 19.1 Å². The Balaban J connectivity index is 0.00000144. The quantitative estimate of drug-likeness (QED) is 0.813. The Bertz CT molecular complexity index is 248. The fourth-order valence-electron chi connectivity index (χ4n) is 1.30. The van der Waals surface area contributed by atoms with Gasteiger partial charge in [0.2, 0.25) is 0 Å². The van der Waals surface area contributed by atoms with Gasteiger partial charge >= 0.3 is 0 Å². The van der Waals surface area contributed by atoms with Crippen molar-refractivity contribution in [3.63, 3.8) is 0 Å². The van der Waals surface area contributed by atoms with Crippen molar-refractivity contribution in [1.29, 1.82) is 0 Å². The van der Waals surface area contributed by atoms with Gasteiger partial charge in [-0.05, 0) is 18.1 Å².